The zero-order chi connectivity index (χ0) is 16.1. The first-order chi connectivity index (χ1) is 11.2. The van der Waals surface area contributed by atoms with Gasteiger partial charge < -0.3 is 10.5 Å². The van der Waals surface area contributed by atoms with Gasteiger partial charge in [0, 0.05) is 31.3 Å². The van der Waals surface area contributed by atoms with Crippen LogP contribution in [0.25, 0.3) is 0 Å². The number of pyridine rings is 1. The Kier molecular flexibility index (Phi) is 4.88. The number of likely N-dealkylation sites (tertiary alicyclic amines) is 1. The highest BCUT2D eigenvalue weighted by Gasteiger charge is 2.24. The molecule has 5 heteroatoms. The van der Waals surface area contributed by atoms with Crippen LogP contribution in [-0.4, -0.2) is 29.9 Å². The van der Waals surface area contributed by atoms with Gasteiger partial charge in [0.1, 0.15) is 0 Å². The fourth-order valence-electron chi connectivity index (χ4n) is 3.02. The minimum absolute atomic E-state index is 0.0835. The molecule has 0 spiro atoms. The molecule has 1 aliphatic heterocycles. The van der Waals surface area contributed by atoms with Gasteiger partial charge in [-0.3, -0.25) is 9.69 Å². The third kappa shape index (κ3) is 4.07. The highest BCUT2D eigenvalue weighted by Crippen LogP contribution is 2.14. The zero-order valence-corrected chi connectivity index (χ0v) is 13.0. The van der Waals surface area contributed by atoms with E-state index in [0.717, 1.165) is 32.5 Å². The van der Waals surface area contributed by atoms with Crippen molar-refractivity contribution >= 4 is 5.91 Å². The molecule has 0 radical (unpaired) electrons. The van der Waals surface area contributed by atoms with Gasteiger partial charge in [-0.25, -0.2) is 0 Å². The molecule has 3 rings (SSSR count). The number of benzene rings is 1. The Labute approximate surface area is 136 Å². The van der Waals surface area contributed by atoms with Gasteiger partial charge in [0.2, 0.25) is 0 Å². The van der Waals surface area contributed by atoms with E-state index in [9.17, 15) is 10.0 Å². The van der Waals surface area contributed by atoms with Crippen molar-refractivity contribution in [1.82, 2.24) is 10.2 Å². The summed E-state index contributed by atoms with van der Waals surface area (Å²) in [6.07, 6.45) is 3.34. The SMILES string of the molecule is O=C(NC1CCCN(Cc2ccccc2)C1)c1cccc[n+]1[O-]. The molecule has 1 aromatic heterocycles. The summed E-state index contributed by atoms with van der Waals surface area (Å²) in [6.45, 7) is 2.74. The lowest BCUT2D eigenvalue weighted by Gasteiger charge is -2.33. The van der Waals surface area contributed by atoms with E-state index in [1.165, 1.54) is 11.8 Å². The number of hydrogen-bond acceptors (Lipinski definition) is 3. The third-order valence-electron chi connectivity index (χ3n) is 4.15. The Hall–Kier alpha value is -2.40. The Morgan fingerprint density at radius 2 is 2.00 bits per heavy atom. The topological polar surface area (TPSA) is 59.3 Å². The van der Waals surface area contributed by atoms with Crippen LogP contribution in [0.2, 0.25) is 0 Å². The monoisotopic (exact) mass is 311 g/mol. The third-order valence-corrected chi connectivity index (χ3v) is 4.15. The van der Waals surface area contributed by atoms with Crippen LogP contribution < -0.4 is 10.0 Å². The molecule has 120 valence electrons. The van der Waals surface area contributed by atoms with Crippen LogP contribution in [0.1, 0.15) is 28.9 Å². The van der Waals surface area contributed by atoms with E-state index in [1.807, 2.05) is 18.2 Å². The molecule has 1 unspecified atom stereocenters. The molecular weight excluding hydrogens is 290 g/mol. The number of rotatable bonds is 4. The first-order valence-corrected chi connectivity index (χ1v) is 7.98. The van der Waals surface area contributed by atoms with Gasteiger partial charge in [0.15, 0.2) is 6.20 Å². The summed E-state index contributed by atoms with van der Waals surface area (Å²) in [4.78, 5) is 14.6. The summed E-state index contributed by atoms with van der Waals surface area (Å²) in [5.41, 5.74) is 1.42. The van der Waals surface area contributed by atoms with Crippen LogP contribution in [0.4, 0.5) is 0 Å². The highest BCUT2D eigenvalue weighted by molar-refractivity contribution is 5.91. The van der Waals surface area contributed by atoms with E-state index in [-0.39, 0.29) is 17.6 Å². The van der Waals surface area contributed by atoms with Crippen molar-refractivity contribution in [3.8, 4) is 0 Å². The van der Waals surface area contributed by atoms with E-state index in [4.69, 9.17) is 0 Å². The number of carbonyl (C=O) groups excluding carboxylic acids is 1. The van der Waals surface area contributed by atoms with Crippen molar-refractivity contribution in [2.24, 2.45) is 0 Å². The summed E-state index contributed by atoms with van der Waals surface area (Å²) in [7, 11) is 0. The van der Waals surface area contributed by atoms with Crippen molar-refractivity contribution < 1.29 is 9.52 Å². The van der Waals surface area contributed by atoms with E-state index in [1.54, 1.807) is 18.2 Å². The van der Waals surface area contributed by atoms with Gasteiger partial charge >= 0.3 is 5.91 Å². The van der Waals surface area contributed by atoms with Gasteiger partial charge in [0.25, 0.3) is 5.69 Å². The smallest absolute Gasteiger partial charge is 0.317 e. The second-order valence-electron chi connectivity index (χ2n) is 5.95. The molecular formula is C18H21N3O2. The second kappa shape index (κ2) is 7.24. The molecule has 1 N–H and O–H groups in total. The number of carbonyl (C=O) groups is 1. The quantitative estimate of drug-likeness (QED) is 0.691. The molecule has 1 saturated heterocycles. The summed E-state index contributed by atoms with van der Waals surface area (Å²) in [6, 6.07) is 15.3. The largest absolute Gasteiger partial charge is 0.618 e. The van der Waals surface area contributed by atoms with Crippen molar-refractivity contribution in [2.45, 2.75) is 25.4 Å². The van der Waals surface area contributed by atoms with Gasteiger partial charge in [-0.2, -0.15) is 4.73 Å². The fourth-order valence-corrected chi connectivity index (χ4v) is 3.02. The molecule has 1 amide bonds. The highest BCUT2D eigenvalue weighted by atomic mass is 16.5. The van der Waals surface area contributed by atoms with Crippen LogP contribution >= 0.6 is 0 Å². The number of nitrogens with zero attached hydrogens (tertiary/aromatic N) is 2. The molecule has 23 heavy (non-hydrogen) atoms. The summed E-state index contributed by atoms with van der Waals surface area (Å²) >= 11 is 0. The molecule has 0 bridgehead atoms. The van der Waals surface area contributed by atoms with Gasteiger partial charge in [0.05, 0.1) is 0 Å². The van der Waals surface area contributed by atoms with Crippen LogP contribution in [0, 0.1) is 5.21 Å². The molecule has 5 nitrogen and oxygen atoms in total. The molecule has 2 aromatic rings. The van der Waals surface area contributed by atoms with E-state index in [2.05, 4.69) is 22.3 Å². The average Bonchev–Trinajstić information content (AvgIpc) is 2.56. The van der Waals surface area contributed by atoms with Crippen molar-refractivity contribution in [1.29, 1.82) is 0 Å². The van der Waals surface area contributed by atoms with Crippen LogP contribution in [-0.2, 0) is 6.54 Å². The lowest BCUT2D eigenvalue weighted by Crippen LogP contribution is -2.49. The minimum Gasteiger partial charge on any atom is -0.618 e. The lowest BCUT2D eigenvalue weighted by atomic mass is 10.0. The zero-order valence-electron chi connectivity index (χ0n) is 13.0. The lowest BCUT2D eigenvalue weighted by molar-refractivity contribution is -0.607. The van der Waals surface area contributed by atoms with Gasteiger partial charge in [-0.1, -0.05) is 30.3 Å². The van der Waals surface area contributed by atoms with Crippen molar-refractivity contribution in [3.63, 3.8) is 0 Å². The molecule has 0 saturated carbocycles. The molecule has 1 aromatic carbocycles. The van der Waals surface area contributed by atoms with Crippen molar-refractivity contribution in [2.75, 3.05) is 13.1 Å². The standard InChI is InChI=1S/C18H21N3O2/c22-18(17-10-4-5-12-21(17)23)19-16-9-6-11-20(14-16)13-15-7-2-1-3-8-15/h1-5,7-8,10,12,16H,6,9,11,13-14H2,(H,19,22). The van der Waals surface area contributed by atoms with Gasteiger partial charge in [-0.15, -0.1) is 0 Å². The Morgan fingerprint density at radius 1 is 1.22 bits per heavy atom. The molecule has 0 aliphatic carbocycles. The molecule has 1 aliphatic rings. The number of hydrogen-bond donors (Lipinski definition) is 1. The fraction of sp³-hybridized carbons (Fsp3) is 0.333. The number of aromatic nitrogens is 1. The Morgan fingerprint density at radius 3 is 2.78 bits per heavy atom. The molecule has 1 atom stereocenters. The van der Waals surface area contributed by atoms with Crippen LogP contribution in [0.15, 0.2) is 54.7 Å². The van der Waals surface area contributed by atoms with Crippen LogP contribution in [0.5, 0.6) is 0 Å². The predicted octanol–water partition coefficient (Wildman–Crippen LogP) is 1.71. The summed E-state index contributed by atoms with van der Waals surface area (Å²) in [5, 5.41) is 14.6. The van der Waals surface area contributed by atoms with Crippen LogP contribution in [0.3, 0.4) is 0 Å². The Balaban J connectivity index is 1.58. The predicted molar refractivity (Wildman–Crippen MR) is 87.6 cm³/mol. The number of amides is 1. The molecule has 1 fully saturated rings. The van der Waals surface area contributed by atoms with E-state index in [0.29, 0.717) is 4.73 Å². The maximum Gasteiger partial charge on any atom is 0.317 e. The van der Waals surface area contributed by atoms with Crippen molar-refractivity contribution in [3.05, 3.63) is 71.2 Å². The summed E-state index contributed by atoms with van der Waals surface area (Å²) < 4.78 is 0.611. The first kappa shape index (κ1) is 15.5. The first-order valence-electron chi connectivity index (χ1n) is 7.98. The Bertz CT molecular complexity index is 660. The maximum atomic E-state index is 12.2. The molecule has 2 heterocycles. The second-order valence-corrected chi connectivity index (χ2v) is 5.95. The average molecular weight is 311 g/mol. The number of nitrogens with one attached hydrogen (secondary N) is 1. The summed E-state index contributed by atoms with van der Waals surface area (Å²) in [5.74, 6) is -0.299. The van der Waals surface area contributed by atoms with E-state index < -0.39 is 0 Å². The maximum absolute atomic E-state index is 12.2. The van der Waals surface area contributed by atoms with Gasteiger partial charge in [-0.05, 0) is 31.0 Å². The van der Waals surface area contributed by atoms with E-state index >= 15 is 0 Å². The minimum atomic E-state index is -0.299. The normalized spacial score (nSPS) is 18.5. The number of piperidine rings is 1.